The third-order valence-corrected chi connectivity index (χ3v) is 3.03. The molecule has 0 radical (unpaired) electrons. The molecule has 0 atom stereocenters. The van der Waals surface area contributed by atoms with Gasteiger partial charge in [-0.25, -0.2) is 0 Å². The molecule has 1 aliphatic heterocycles. The molecule has 0 unspecified atom stereocenters. The van der Waals surface area contributed by atoms with Crippen LogP contribution in [-0.4, -0.2) is 38.1 Å². The van der Waals surface area contributed by atoms with E-state index in [-0.39, 0.29) is 11.9 Å². The van der Waals surface area contributed by atoms with Crippen molar-refractivity contribution in [3.63, 3.8) is 0 Å². The van der Waals surface area contributed by atoms with Gasteiger partial charge in [0.05, 0.1) is 5.56 Å². The molecule has 1 aromatic carbocycles. The van der Waals surface area contributed by atoms with Crippen molar-refractivity contribution >= 4 is 11.6 Å². The van der Waals surface area contributed by atoms with E-state index in [1.165, 1.54) is 0 Å². The number of benzene rings is 1. The van der Waals surface area contributed by atoms with Crippen LogP contribution in [0.1, 0.15) is 24.2 Å². The van der Waals surface area contributed by atoms with Crippen molar-refractivity contribution in [1.29, 1.82) is 0 Å². The maximum Gasteiger partial charge on any atom is 0.253 e. The van der Waals surface area contributed by atoms with Crippen LogP contribution < -0.4 is 15.5 Å². The van der Waals surface area contributed by atoms with Crippen LogP contribution in [0.4, 0.5) is 5.69 Å². The van der Waals surface area contributed by atoms with Gasteiger partial charge in [0.25, 0.3) is 5.91 Å². The van der Waals surface area contributed by atoms with Crippen LogP contribution >= 0.6 is 0 Å². The van der Waals surface area contributed by atoms with E-state index in [0.717, 1.165) is 37.4 Å². The molecule has 4 heteroatoms. The highest BCUT2D eigenvalue weighted by Gasteiger charge is 2.17. The standard InChI is InChI=1S/C14H21N3O/c1-11(2)16-14(18)12-5-3-4-6-13(12)17-9-7-15-8-10-17/h3-6,11,15H,7-10H2,1-2H3,(H,16,18). The number of carbonyl (C=O) groups excluding carboxylic acids is 1. The van der Waals surface area contributed by atoms with Gasteiger partial charge in [-0.3, -0.25) is 4.79 Å². The number of para-hydroxylation sites is 1. The molecule has 0 aromatic heterocycles. The average Bonchev–Trinajstić information content (AvgIpc) is 2.39. The van der Waals surface area contributed by atoms with Gasteiger partial charge in [-0.2, -0.15) is 0 Å². The molecule has 1 saturated heterocycles. The summed E-state index contributed by atoms with van der Waals surface area (Å²) in [6, 6.07) is 7.99. The van der Waals surface area contributed by atoms with Crippen molar-refractivity contribution in [3.05, 3.63) is 29.8 Å². The normalized spacial score (nSPS) is 15.8. The Balaban J connectivity index is 2.21. The predicted molar refractivity (Wildman–Crippen MR) is 74.1 cm³/mol. The van der Waals surface area contributed by atoms with Crippen molar-refractivity contribution in [1.82, 2.24) is 10.6 Å². The van der Waals surface area contributed by atoms with Crippen molar-refractivity contribution < 1.29 is 4.79 Å². The van der Waals surface area contributed by atoms with Crippen LogP contribution in [0, 0.1) is 0 Å². The van der Waals surface area contributed by atoms with E-state index < -0.39 is 0 Å². The number of hydrogen-bond acceptors (Lipinski definition) is 3. The molecule has 18 heavy (non-hydrogen) atoms. The molecule has 1 aliphatic rings. The minimum Gasteiger partial charge on any atom is -0.368 e. The lowest BCUT2D eigenvalue weighted by Crippen LogP contribution is -2.44. The van der Waals surface area contributed by atoms with Gasteiger partial charge in [0.1, 0.15) is 0 Å². The van der Waals surface area contributed by atoms with Gasteiger partial charge in [-0.05, 0) is 26.0 Å². The van der Waals surface area contributed by atoms with E-state index in [9.17, 15) is 4.79 Å². The van der Waals surface area contributed by atoms with Crippen molar-refractivity contribution in [2.45, 2.75) is 19.9 Å². The zero-order valence-corrected chi connectivity index (χ0v) is 11.1. The molecule has 0 bridgehead atoms. The topological polar surface area (TPSA) is 44.4 Å². The first-order valence-corrected chi connectivity index (χ1v) is 6.54. The quantitative estimate of drug-likeness (QED) is 0.844. The van der Waals surface area contributed by atoms with Gasteiger partial charge >= 0.3 is 0 Å². The molecule has 1 fully saturated rings. The van der Waals surface area contributed by atoms with Gasteiger partial charge in [-0.1, -0.05) is 12.1 Å². The fourth-order valence-corrected chi connectivity index (χ4v) is 2.19. The Morgan fingerprint density at radius 2 is 1.94 bits per heavy atom. The molecular weight excluding hydrogens is 226 g/mol. The number of rotatable bonds is 3. The SMILES string of the molecule is CC(C)NC(=O)c1ccccc1N1CCNCC1. The number of amides is 1. The second-order valence-electron chi connectivity index (χ2n) is 4.88. The third kappa shape index (κ3) is 3.01. The third-order valence-electron chi connectivity index (χ3n) is 3.03. The van der Waals surface area contributed by atoms with Gasteiger partial charge in [-0.15, -0.1) is 0 Å². The fourth-order valence-electron chi connectivity index (χ4n) is 2.19. The minimum absolute atomic E-state index is 0.0131. The van der Waals surface area contributed by atoms with Crippen LogP contribution in [0.2, 0.25) is 0 Å². The lowest BCUT2D eigenvalue weighted by molar-refractivity contribution is 0.0943. The summed E-state index contributed by atoms with van der Waals surface area (Å²) in [5.74, 6) is 0.0131. The molecule has 98 valence electrons. The van der Waals surface area contributed by atoms with Crippen LogP contribution in [0.5, 0.6) is 0 Å². The number of nitrogens with zero attached hydrogens (tertiary/aromatic N) is 1. The summed E-state index contributed by atoms with van der Waals surface area (Å²) >= 11 is 0. The average molecular weight is 247 g/mol. The molecule has 4 nitrogen and oxygen atoms in total. The van der Waals surface area contributed by atoms with E-state index in [0.29, 0.717) is 0 Å². The molecular formula is C14H21N3O. The molecule has 1 amide bonds. The number of anilines is 1. The number of nitrogens with one attached hydrogen (secondary N) is 2. The smallest absolute Gasteiger partial charge is 0.253 e. The summed E-state index contributed by atoms with van der Waals surface area (Å²) < 4.78 is 0. The van der Waals surface area contributed by atoms with Gasteiger partial charge in [0.2, 0.25) is 0 Å². The van der Waals surface area contributed by atoms with Crippen molar-refractivity contribution in [2.24, 2.45) is 0 Å². The summed E-state index contributed by atoms with van der Waals surface area (Å²) in [5, 5.41) is 6.28. The highest BCUT2D eigenvalue weighted by Crippen LogP contribution is 2.20. The highest BCUT2D eigenvalue weighted by atomic mass is 16.1. The Bertz CT molecular complexity index is 411. The van der Waals surface area contributed by atoms with E-state index in [2.05, 4.69) is 15.5 Å². The number of hydrogen-bond donors (Lipinski definition) is 2. The molecule has 0 aliphatic carbocycles. The first-order chi connectivity index (χ1) is 8.68. The Labute approximate surface area is 108 Å². The summed E-state index contributed by atoms with van der Waals surface area (Å²) in [5.41, 5.74) is 1.81. The molecule has 1 aromatic rings. The van der Waals surface area contributed by atoms with Crippen molar-refractivity contribution in [2.75, 3.05) is 31.1 Å². The Morgan fingerprint density at radius 1 is 1.28 bits per heavy atom. The lowest BCUT2D eigenvalue weighted by atomic mass is 10.1. The summed E-state index contributed by atoms with van der Waals surface area (Å²) in [7, 11) is 0. The summed E-state index contributed by atoms with van der Waals surface area (Å²) in [4.78, 5) is 14.4. The molecule has 2 N–H and O–H groups in total. The molecule has 0 saturated carbocycles. The largest absolute Gasteiger partial charge is 0.368 e. The second kappa shape index (κ2) is 5.87. The number of carbonyl (C=O) groups is 1. The molecule has 1 heterocycles. The van der Waals surface area contributed by atoms with Gasteiger partial charge in [0.15, 0.2) is 0 Å². The van der Waals surface area contributed by atoms with Crippen LogP contribution in [0.15, 0.2) is 24.3 Å². The van der Waals surface area contributed by atoms with Crippen LogP contribution in [-0.2, 0) is 0 Å². The second-order valence-corrected chi connectivity index (χ2v) is 4.88. The van der Waals surface area contributed by atoms with Crippen LogP contribution in [0.25, 0.3) is 0 Å². The molecule has 0 spiro atoms. The summed E-state index contributed by atoms with van der Waals surface area (Å²) in [6.45, 7) is 7.80. The summed E-state index contributed by atoms with van der Waals surface area (Å²) in [6.07, 6.45) is 0. The van der Waals surface area contributed by atoms with E-state index in [1.807, 2.05) is 38.1 Å². The van der Waals surface area contributed by atoms with E-state index in [4.69, 9.17) is 0 Å². The Kier molecular flexibility index (Phi) is 4.20. The lowest BCUT2D eigenvalue weighted by Gasteiger charge is -2.31. The maximum absolute atomic E-state index is 12.2. The minimum atomic E-state index is 0.0131. The van der Waals surface area contributed by atoms with E-state index in [1.54, 1.807) is 0 Å². The zero-order valence-electron chi connectivity index (χ0n) is 11.1. The molecule has 2 rings (SSSR count). The highest BCUT2D eigenvalue weighted by molar-refractivity contribution is 6.00. The van der Waals surface area contributed by atoms with Crippen molar-refractivity contribution in [3.8, 4) is 0 Å². The Hall–Kier alpha value is -1.55. The number of piperazine rings is 1. The first kappa shape index (κ1) is 12.9. The Morgan fingerprint density at radius 3 is 2.61 bits per heavy atom. The van der Waals surface area contributed by atoms with Gasteiger partial charge in [0, 0.05) is 37.9 Å². The predicted octanol–water partition coefficient (Wildman–Crippen LogP) is 1.23. The first-order valence-electron chi connectivity index (χ1n) is 6.54. The van der Waals surface area contributed by atoms with Gasteiger partial charge < -0.3 is 15.5 Å². The maximum atomic E-state index is 12.2. The van der Waals surface area contributed by atoms with Crippen LogP contribution in [0.3, 0.4) is 0 Å². The fraction of sp³-hybridized carbons (Fsp3) is 0.500. The zero-order chi connectivity index (χ0) is 13.0. The monoisotopic (exact) mass is 247 g/mol. The van der Waals surface area contributed by atoms with E-state index >= 15 is 0 Å².